The normalized spacial score (nSPS) is 16.9. The second kappa shape index (κ2) is 13.8. The summed E-state index contributed by atoms with van der Waals surface area (Å²) in [4.78, 5) is 61.5. The van der Waals surface area contributed by atoms with Crippen LogP contribution in [0.15, 0.2) is 18.2 Å². The van der Waals surface area contributed by atoms with Gasteiger partial charge in [-0.25, -0.2) is 4.79 Å². The van der Waals surface area contributed by atoms with Crippen LogP contribution in [-0.4, -0.2) is 92.5 Å². The van der Waals surface area contributed by atoms with Crippen LogP contribution in [0.5, 0.6) is 0 Å². The van der Waals surface area contributed by atoms with Crippen molar-refractivity contribution in [2.75, 3.05) is 46.2 Å². The highest BCUT2D eigenvalue weighted by atomic mass is 16.6. The Labute approximate surface area is 226 Å². The van der Waals surface area contributed by atoms with Crippen LogP contribution in [0, 0.1) is 11.8 Å². The molecule has 0 aromatic heterocycles. The van der Waals surface area contributed by atoms with E-state index in [2.05, 4.69) is 22.5 Å². The summed E-state index contributed by atoms with van der Waals surface area (Å²) < 4.78 is 21.3. The molecular formula is C27H33N3O9. The lowest BCUT2D eigenvalue weighted by Gasteiger charge is -2.27. The molecule has 2 N–H and O–H groups in total. The number of fused-ring (bicyclic) bond motifs is 1. The topological polar surface area (TPSA) is 150 Å². The third kappa shape index (κ3) is 8.88. The molecule has 1 unspecified atom stereocenters. The fourth-order valence-electron chi connectivity index (χ4n) is 3.79. The van der Waals surface area contributed by atoms with E-state index in [0.717, 1.165) is 4.90 Å². The molecule has 210 valence electrons. The lowest BCUT2D eigenvalue weighted by atomic mass is 10.0. The molecule has 2 aliphatic rings. The number of imide groups is 2. The van der Waals surface area contributed by atoms with Crippen LogP contribution in [0.2, 0.25) is 0 Å². The first-order valence-corrected chi connectivity index (χ1v) is 12.6. The summed E-state index contributed by atoms with van der Waals surface area (Å²) >= 11 is 0. The molecule has 1 aromatic rings. The molecule has 5 amide bonds. The fourth-order valence-corrected chi connectivity index (χ4v) is 3.79. The third-order valence-electron chi connectivity index (χ3n) is 5.51. The molecule has 1 atom stereocenters. The molecule has 1 aromatic carbocycles. The lowest BCUT2D eigenvalue weighted by molar-refractivity contribution is -0.136. The van der Waals surface area contributed by atoms with Crippen molar-refractivity contribution in [3.05, 3.63) is 34.9 Å². The Kier molecular flexibility index (Phi) is 10.6. The van der Waals surface area contributed by atoms with Gasteiger partial charge < -0.3 is 24.3 Å². The Morgan fingerprint density at radius 3 is 2.36 bits per heavy atom. The van der Waals surface area contributed by atoms with Crippen LogP contribution in [0.25, 0.3) is 0 Å². The number of carbonyl (C=O) groups is 5. The number of piperidine rings is 1. The number of nitrogens with one attached hydrogen (secondary N) is 2. The van der Waals surface area contributed by atoms with Crippen molar-refractivity contribution in [1.82, 2.24) is 15.5 Å². The highest BCUT2D eigenvalue weighted by Gasteiger charge is 2.44. The summed E-state index contributed by atoms with van der Waals surface area (Å²) in [6, 6.07) is 3.64. The van der Waals surface area contributed by atoms with E-state index in [1.165, 1.54) is 12.1 Å². The van der Waals surface area contributed by atoms with Crippen LogP contribution in [0.3, 0.4) is 0 Å². The first-order chi connectivity index (χ1) is 18.6. The molecule has 12 nitrogen and oxygen atoms in total. The van der Waals surface area contributed by atoms with Gasteiger partial charge in [-0.05, 0) is 45.4 Å². The first kappa shape index (κ1) is 29.8. The zero-order valence-electron chi connectivity index (χ0n) is 22.3. The van der Waals surface area contributed by atoms with Crippen molar-refractivity contribution in [1.29, 1.82) is 0 Å². The number of amides is 5. The maximum absolute atomic E-state index is 12.9. The average Bonchev–Trinajstić information content (AvgIpc) is 3.10. The van der Waals surface area contributed by atoms with Crippen LogP contribution < -0.4 is 10.6 Å². The Hall–Kier alpha value is -3.79. The molecule has 0 saturated carbocycles. The SMILES string of the molecule is CC(C)(C)OC(=O)NCCOCCOCCOCC#Cc1ccc2c(c1)C(=O)N(C1CCC(=O)NC1=O)C2=O. The van der Waals surface area contributed by atoms with E-state index in [1.54, 1.807) is 26.8 Å². The number of nitrogens with zero attached hydrogens (tertiary/aromatic N) is 1. The van der Waals surface area contributed by atoms with Crippen LogP contribution in [0.4, 0.5) is 4.79 Å². The number of rotatable bonds is 11. The van der Waals surface area contributed by atoms with Gasteiger partial charge in [-0.15, -0.1) is 0 Å². The van der Waals surface area contributed by atoms with E-state index in [4.69, 9.17) is 18.9 Å². The van der Waals surface area contributed by atoms with Gasteiger partial charge in [-0.1, -0.05) is 11.8 Å². The van der Waals surface area contributed by atoms with Crippen molar-refractivity contribution < 1.29 is 42.9 Å². The minimum absolute atomic E-state index is 0.0639. The zero-order chi connectivity index (χ0) is 28.4. The molecular weight excluding hydrogens is 510 g/mol. The Morgan fingerprint density at radius 2 is 1.67 bits per heavy atom. The highest BCUT2D eigenvalue weighted by molar-refractivity contribution is 6.23. The van der Waals surface area contributed by atoms with Gasteiger partial charge in [-0.2, -0.15) is 0 Å². The highest BCUT2D eigenvalue weighted by Crippen LogP contribution is 2.28. The van der Waals surface area contributed by atoms with Crippen molar-refractivity contribution in [2.45, 2.75) is 45.3 Å². The molecule has 2 heterocycles. The van der Waals surface area contributed by atoms with E-state index in [1.807, 2.05) is 0 Å². The molecule has 0 spiro atoms. The maximum Gasteiger partial charge on any atom is 0.407 e. The van der Waals surface area contributed by atoms with Crippen LogP contribution in [-0.2, 0) is 28.5 Å². The number of benzene rings is 1. The van der Waals surface area contributed by atoms with Crippen molar-refractivity contribution in [3.8, 4) is 11.8 Å². The first-order valence-electron chi connectivity index (χ1n) is 12.6. The lowest BCUT2D eigenvalue weighted by Crippen LogP contribution is -2.54. The van der Waals surface area contributed by atoms with Crippen LogP contribution >= 0.6 is 0 Å². The van der Waals surface area contributed by atoms with Gasteiger partial charge >= 0.3 is 6.09 Å². The Morgan fingerprint density at radius 1 is 1.00 bits per heavy atom. The quantitative estimate of drug-likeness (QED) is 0.237. The molecule has 0 radical (unpaired) electrons. The molecule has 0 aliphatic carbocycles. The van der Waals surface area contributed by atoms with E-state index in [9.17, 15) is 24.0 Å². The smallest absolute Gasteiger partial charge is 0.407 e. The second-order valence-electron chi connectivity index (χ2n) is 9.72. The number of hydrogen-bond acceptors (Lipinski definition) is 9. The van der Waals surface area contributed by atoms with Crippen molar-refractivity contribution in [3.63, 3.8) is 0 Å². The van der Waals surface area contributed by atoms with E-state index < -0.39 is 41.4 Å². The molecule has 1 fully saturated rings. The Bertz CT molecular complexity index is 1160. The van der Waals surface area contributed by atoms with Gasteiger partial charge in [0.25, 0.3) is 11.8 Å². The monoisotopic (exact) mass is 543 g/mol. The maximum atomic E-state index is 12.9. The summed E-state index contributed by atoms with van der Waals surface area (Å²) in [5.41, 5.74) is 0.360. The molecule has 12 heteroatoms. The number of alkyl carbamates (subject to hydrolysis) is 1. The minimum atomic E-state index is -1.01. The molecule has 39 heavy (non-hydrogen) atoms. The van der Waals surface area contributed by atoms with Crippen molar-refractivity contribution >= 4 is 29.7 Å². The van der Waals surface area contributed by atoms with E-state index >= 15 is 0 Å². The predicted molar refractivity (Wildman–Crippen MR) is 137 cm³/mol. The van der Waals surface area contributed by atoms with Crippen molar-refractivity contribution in [2.24, 2.45) is 0 Å². The second-order valence-corrected chi connectivity index (χ2v) is 9.72. The molecule has 0 bridgehead atoms. The number of hydrogen-bond donors (Lipinski definition) is 2. The van der Waals surface area contributed by atoms with Gasteiger partial charge in [0.05, 0.1) is 44.2 Å². The summed E-state index contributed by atoms with van der Waals surface area (Å²) in [5.74, 6) is 3.52. The minimum Gasteiger partial charge on any atom is -0.444 e. The molecule has 2 aliphatic heterocycles. The van der Waals surface area contributed by atoms with E-state index in [-0.39, 0.29) is 30.6 Å². The Balaban J connectivity index is 1.30. The third-order valence-corrected chi connectivity index (χ3v) is 5.51. The summed E-state index contributed by atoms with van der Waals surface area (Å²) in [6.07, 6.45) is -0.322. The predicted octanol–water partition coefficient (Wildman–Crippen LogP) is 1.01. The van der Waals surface area contributed by atoms with Gasteiger partial charge in [0.15, 0.2) is 0 Å². The average molecular weight is 544 g/mol. The van der Waals surface area contributed by atoms with Gasteiger partial charge in [0.2, 0.25) is 11.8 Å². The molecule has 3 rings (SSSR count). The fraction of sp³-hybridized carbons (Fsp3) is 0.519. The number of carbonyl (C=O) groups excluding carboxylic acids is 5. The van der Waals surface area contributed by atoms with Gasteiger partial charge in [0.1, 0.15) is 18.2 Å². The van der Waals surface area contributed by atoms with Gasteiger partial charge in [0, 0.05) is 18.5 Å². The van der Waals surface area contributed by atoms with E-state index in [0.29, 0.717) is 45.1 Å². The van der Waals surface area contributed by atoms with Crippen LogP contribution in [0.1, 0.15) is 59.9 Å². The van der Waals surface area contributed by atoms with Gasteiger partial charge in [-0.3, -0.25) is 29.4 Å². The summed E-state index contributed by atoms with van der Waals surface area (Å²) in [7, 11) is 0. The molecule has 1 saturated heterocycles. The largest absolute Gasteiger partial charge is 0.444 e. The summed E-state index contributed by atoms with van der Waals surface area (Å²) in [6.45, 7) is 7.62. The number of ether oxygens (including phenoxy) is 4. The zero-order valence-corrected chi connectivity index (χ0v) is 22.3. The summed E-state index contributed by atoms with van der Waals surface area (Å²) in [5, 5.41) is 4.77. The standard InChI is InChI=1S/C27H33N3O9/c1-27(2,3)39-26(35)28-10-12-37-14-16-38-15-13-36-11-4-5-18-6-7-19-20(17-18)25(34)30(24(19)33)21-8-9-22(31)29-23(21)32/h6-7,17,21H,8-16H2,1-3H3,(H,28,35)(H,29,31,32).